The molecule has 0 aliphatic heterocycles. The average Bonchev–Trinajstić information content (AvgIpc) is 2.69. The molecule has 1 aromatic heterocycles. The molecule has 0 radical (unpaired) electrons. The number of ether oxygens (including phenoxy) is 1. The number of hydrogen-bond acceptors (Lipinski definition) is 3. The van der Waals surface area contributed by atoms with E-state index in [9.17, 15) is 9.59 Å². The monoisotopic (exact) mass is 374 g/mol. The van der Waals surface area contributed by atoms with Crippen LogP contribution in [0.1, 0.15) is 16.7 Å². The van der Waals surface area contributed by atoms with Gasteiger partial charge in [-0.05, 0) is 30.7 Å². The number of allylic oxidation sites excluding steroid dienone is 1. The largest absolute Gasteiger partial charge is 0.496 e. The SMILES string of the molecule is C=CCn1c(=O)/c(=C\c2cccc(C)c2)[nH]c(=O)/c1=C\c1ccccc1OC. The number of nitrogens with one attached hydrogen (secondary N) is 1. The van der Waals surface area contributed by atoms with Crippen LogP contribution in [0.4, 0.5) is 0 Å². The van der Waals surface area contributed by atoms with Gasteiger partial charge in [0.05, 0.1) is 7.11 Å². The molecule has 3 aromatic rings. The van der Waals surface area contributed by atoms with Crippen LogP contribution in [0.15, 0.2) is 70.8 Å². The summed E-state index contributed by atoms with van der Waals surface area (Å²) in [7, 11) is 1.56. The van der Waals surface area contributed by atoms with E-state index in [1.165, 1.54) is 4.57 Å². The van der Waals surface area contributed by atoms with Crippen molar-refractivity contribution < 1.29 is 4.74 Å². The molecule has 0 saturated heterocycles. The Labute approximate surface area is 162 Å². The highest BCUT2D eigenvalue weighted by molar-refractivity contribution is 5.56. The molecule has 1 heterocycles. The summed E-state index contributed by atoms with van der Waals surface area (Å²) in [5.74, 6) is 0.620. The van der Waals surface area contributed by atoms with Crippen LogP contribution in [0.2, 0.25) is 0 Å². The fourth-order valence-corrected chi connectivity index (χ4v) is 3.03. The van der Waals surface area contributed by atoms with Gasteiger partial charge in [-0.25, -0.2) is 0 Å². The van der Waals surface area contributed by atoms with Crippen LogP contribution < -0.4 is 26.6 Å². The van der Waals surface area contributed by atoms with Crippen LogP contribution in [0.25, 0.3) is 12.2 Å². The summed E-state index contributed by atoms with van der Waals surface area (Å²) < 4.78 is 6.76. The van der Waals surface area contributed by atoms with Crippen molar-refractivity contribution in [2.45, 2.75) is 13.5 Å². The maximum Gasteiger partial charge on any atom is 0.275 e. The van der Waals surface area contributed by atoms with Crippen LogP contribution >= 0.6 is 0 Å². The third kappa shape index (κ3) is 4.04. The number of nitrogens with zero attached hydrogens (tertiary/aromatic N) is 1. The number of aromatic amines is 1. The van der Waals surface area contributed by atoms with Gasteiger partial charge in [-0.2, -0.15) is 0 Å². The molecule has 0 saturated carbocycles. The van der Waals surface area contributed by atoms with Crippen molar-refractivity contribution in [2.75, 3.05) is 7.11 Å². The summed E-state index contributed by atoms with van der Waals surface area (Å²) in [6.07, 6.45) is 4.93. The first-order chi connectivity index (χ1) is 13.5. The third-order valence-corrected chi connectivity index (χ3v) is 4.34. The van der Waals surface area contributed by atoms with E-state index in [1.54, 1.807) is 31.4 Å². The number of H-pyrrole nitrogens is 1. The summed E-state index contributed by atoms with van der Waals surface area (Å²) in [5.41, 5.74) is 1.99. The fourth-order valence-electron chi connectivity index (χ4n) is 3.03. The summed E-state index contributed by atoms with van der Waals surface area (Å²) in [4.78, 5) is 28.6. The van der Waals surface area contributed by atoms with Crippen LogP contribution in [0, 0.1) is 6.92 Å². The van der Waals surface area contributed by atoms with Crippen LogP contribution in [-0.4, -0.2) is 16.7 Å². The summed E-state index contributed by atoms with van der Waals surface area (Å²) in [6.45, 7) is 5.91. The molecule has 0 bridgehead atoms. The number of para-hydroxylation sites is 1. The number of aryl methyl sites for hydroxylation is 1. The van der Waals surface area contributed by atoms with Gasteiger partial charge in [-0.3, -0.25) is 14.2 Å². The molecule has 0 amide bonds. The normalized spacial score (nSPS) is 12.2. The lowest BCUT2D eigenvalue weighted by Gasteiger charge is -2.06. The molecular weight excluding hydrogens is 352 g/mol. The lowest BCUT2D eigenvalue weighted by atomic mass is 10.1. The van der Waals surface area contributed by atoms with E-state index >= 15 is 0 Å². The summed E-state index contributed by atoms with van der Waals surface area (Å²) in [5, 5.41) is 0.477. The Morgan fingerprint density at radius 3 is 2.61 bits per heavy atom. The lowest BCUT2D eigenvalue weighted by molar-refractivity contribution is 0.414. The second-order valence-corrected chi connectivity index (χ2v) is 6.40. The Hall–Kier alpha value is -3.60. The Balaban J connectivity index is 2.31. The first-order valence-electron chi connectivity index (χ1n) is 8.90. The van der Waals surface area contributed by atoms with Crippen molar-refractivity contribution in [1.82, 2.24) is 9.55 Å². The smallest absolute Gasteiger partial charge is 0.275 e. The van der Waals surface area contributed by atoms with E-state index in [0.29, 0.717) is 11.3 Å². The summed E-state index contributed by atoms with van der Waals surface area (Å²) >= 11 is 0. The van der Waals surface area contributed by atoms with Crippen LogP contribution in [-0.2, 0) is 6.54 Å². The summed E-state index contributed by atoms with van der Waals surface area (Å²) in [6, 6.07) is 15.0. The van der Waals surface area contributed by atoms with E-state index in [2.05, 4.69) is 11.6 Å². The van der Waals surface area contributed by atoms with Crippen molar-refractivity contribution in [2.24, 2.45) is 0 Å². The molecule has 0 fully saturated rings. The van der Waals surface area contributed by atoms with Gasteiger partial charge in [-0.1, -0.05) is 54.1 Å². The zero-order chi connectivity index (χ0) is 20.1. The number of benzene rings is 2. The maximum absolute atomic E-state index is 13.0. The van der Waals surface area contributed by atoms with Gasteiger partial charge in [0.1, 0.15) is 16.4 Å². The van der Waals surface area contributed by atoms with E-state index in [0.717, 1.165) is 11.1 Å². The van der Waals surface area contributed by atoms with Gasteiger partial charge in [0.2, 0.25) is 0 Å². The first-order valence-corrected chi connectivity index (χ1v) is 8.90. The molecule has 2 aromatic carbocycles. The molecular formula is C23H22N2O3. The Bertz CT molecular complexity index is 1250. The molecule has 5 heteroatoms. The number of rotatable bonds is 5. The highest BCUT2D eigenvalue weighted by atomic mass is 16.5. The molecule has 0 aliphatic carbocycles. The second-order valence-electron chi connectivity index (χ2n) is 6.40. The molecule has 0 aliphatic rings. The van der Waals surface area contributed by atoms with Gasteiger partial charge in [0.15, 0.2) is 0 Å². The van der Waals surface area contributed by atoms with E-state index in [-0.39, 0.29) is 28.4 Å². The topological polar surface area (TPSA) is 64.1 Å². The van der Waals surface area contributed by atoms with E-state index in [4.69, 9.17) is 4.74 Å². The predicted octanol–water partition coefficient (Wildman–Crippen LogP) is 1.70. The van der Waals surface area contributed by atoms with Gasteiger partial charge in [0.25, 0.3) is 11.1 Å². The van der Waals surface area contributed by atoms with Crippen molar-refractivity contribution in [3.63, 3.8) is 0 Å². The third-order valence-electron chi connectivity index (χ3n) is 4.34. The molecule has 5 nitrogen and oxygen atoms in total. The lowest BCUT2D eigenvalue weighted by Crippen LogP contribution is -2.53. The zero-order valence-electron chi connectivity index (χ0n) is 15.9. The van der Waals surface area contributed by atoms with Gasteiger partial charge < -0.3 is 9.72 Å². The molecule has 1 N–H and O–H groups in total. The highest BCUT2D eigenvalue weighted by Crippen LogP contribution is 2.17. The standard InChI is InChI=1S/C23H22N2O3/c1-4-12-25-20(15-18-10-5-6-11-21(18)28-3)22(26)24-19(23(25)27)14-17-9-7-8-16(2)13-17/h4-11,13-15H,1,12H2,2-3H3,(H,24,26)/b19-14+,20-15+. The minimum absolute atomic E-state index is 0.221. The molecule has 3 rings (SSSR count). The molecule has 0 unspecified atom stereocenters. The minimum atomic E-state index is -0.355. The fraction of sp³-hybridized carbons (Fsp3) is 0.130. The van der Waals surface area contributed by atoms with Crippen molar-refractivity contribution in [1.29, 1.82) is 0 Å². The van der Waals surface area contributed by atoms with E-state index in [1.807, 2.05) is 49.4 Å². The molecule has 0 atom stereocenters. The van der Waals surface area contributed by atoms with Crippen LogP contribution in [0.5, 0.6) is 5.75 Å². The second kappa shape index (κ2) is 8.39. The van der Waals surface area contributed by atoms with Crippen molar-refractivity contribution in [3.8, 4) is 5.75 Å². The maximum atomic E-state index is 13.0. The quantitative estimate of drug-likeness (QED) is 0.692. The Morgan fingerprint density at radius 1 is 1.11 bits per heavy atom. The Kier molecular flexibility index (Phi) is 5.75. The van der Waals surface area contributed by atoms with Crippen LogP contribution in [0.3, 0.4) is 0 Å². The van der Waals surface area contributed by atoms with Gasteiger partial charge in [-0.15, -0.1) is 6.58 Å². The van der Waals surface area contributed by atoms with Gasteiger partial charge >= 0.3 is 0 Å². The number of methoxy groups -OCH3 is 1. The molecule has 28 heavy (non-hydrogen) atoms. The molecule has 142 valence electrons. The number of hydrogen-bond donors (Lipinski definition) is 1. The predicted molar refractivity (Wildman–Crippen MR) is 112 cm³/mol. The molecule has 0 spiro atoms. The average molecular weight is 374 g/mol. The first kappa shape index (κ1) is 19.2. The van der Waals surface area contributed by atoms with E-state index < -0.39 is 0 Å². The highest BCUT2D eigenvalue weighted by Gasteiger charge is 2.06. The Morgan fingerprint density at radius 2 is 1.89 bits per heavy atom. The van der Waals surface area contributed by atoms with Crippen molar-refractivity contribution in [3.05, 3.63) is 109 Å². The minimum Gasteiger partial charge on any atom is -0.496 e. The van der Waals surface area contributed by atoms with Crippen molar-refractivity contribution >= 4 is 12.2 Å². The number of aromatic nitrogens is 2. The zero-order valence-corrected chi connectivity index (χ0v) is 15.9. The van der Waals surface area contributed by atoms with Gasteiger partial charge in [0, 0.05) is 12.1 Å².